The smallest absolute Gasteiger partial charge is 0.331 e. The largest absolute Gasteiger partial charge is 0.495 e. The fourth-order valence-corrected chi connectivity index (χ4v) is 2.61. The number of rotatable bonds is 5. The van der Waals surface area contributed by atoms with E-state index in [1.54, 1.807) is 24.3 Å². The van der Waals surface area contributed by atoms with Crippen LogP contribution in [-0.2, 0) is 9.59 Å². The fraction of sp³-hybridized carbons (Fsp3) is 0.176. The van der Waals surface area contributed by atoms with Crippen LogP contribution in [0.25, 0.3) is 0 Å². The van der Waals surface area contributed by atoms with Gasteiger partial charge in [0, 0.05) is 6.07 Å². The Morgan fingerprint density at radius 3 is 2.85 bits per heavy atom. The second kappa shape index (κ2) is 7.09. The van der Waals surface area contributed by atoms with Crippen LogP contribution in [0.15, 0.2) is 42.5 Å². The van der Waals surface area contributed by atoms with Crippen LogP contribution in [0, 0.1) is 10.1 Å². The molecule has 3 rings (SSSR count). The van der Waals surface area contributed by atoms with Gasteiger partial charge in [-0.15, -0.1) is 0 Å². The number of nitro benzene ring substituents is 1. The first-order chi connectivity index (χ1) is 12.5. The number of carbonyl (C=O) groups is 2. The molecule has 0 spiro atoms. The topological polar surface area (TPSA) is 111 Å². The number of nitrogens with zero attached hydrogens (tertiary/aromatic N) is 2. The highest BCUT2D eigenvalue weighted by Gasteiger charge is 2.27. The number of anilines is 2. The number of hydrogen-bond acceptors (Lipinski definition) is 7. The zero-order chi connectivity index (χ0) is 18.7. The molecule has 0 atom stereocenters. The average molecular weight is 357 g/mol. The highest BCUT2D eigenvalue weighted by atomic mass is 16.6. The number of fused-ring (bicyclic) bond motifs is 1. The van der Waals surface area contributed by atoms with E-state index in [1.807, 2.05) is 0 Å². The molecule has 0 fully saturated rings. The van der Waals surface area contributed by atoms with Crippen LogP contribution < -0.4 is 19.7 Å². The van der Waals surface area contributed by atoms with Crippen molar-refractivity contribution in [2.24, 2.45) is 0 Å². The van der Waals surface area contributed by atoms with Gasteiger partial charge in [-0.2, -0.15) is 0 Å². The molecule has 9 heteroatoms. The third kappa shape index (κ3) is 3.56. The number of benzene rings is 2. The van der Waals surface area contributed by atoms with Crippen molar-refractivity contribution in [3.05, 3.63) is 52.6 Å². The number of hydrogen-bond donors (Lipinski definition) is 1. The summed E-state index contributed by atoms with van der Waals surface area (Å²) in [6.07, 6.45) is 0. The lowest BCUT2D eigenvalue weighted by molar-refractivity contribution is -0.384. The molecule has 0 radical (unpaired) electrons. The number of carbonyl (C=O) groups excluding carboxylic acids is 2. The number of ether oxygens (including phenoxy) is 2. The molecule has 1 N–H and O–H groups in total. The number of nitro groups is 1. The maximum Gasteiger partial charge on any atom is 0.331 e. The summed E-state index contributed by atoms with van der Waals surface area (Å²) in [6.45, 7) is -0.262. The van der Waals surface area contributed by atoms with Crippen molar-refractivity contribution in [1.29, 1.82) is 0 Å². The van der Waals surface area contributed by atoms with Crippen molar-refractivity contribution < 1.29 is 24.0 Å². The highest BCUT2D eigenvalue weighted by Crippen LogP contribution is 2.35. The molecule has 9 nitrogen and oxygen atoms in total. The zero-order valence-corrected chi connectivity index (χ0v) is 13.8. The summed E-state index contributed by atoms with van der Waals surface area (Å²) in [7, 11) is 1.49. The van der Waals surface area contributed by atoms with E-state index >= 15 is 0 Å². The van der Waals surface area contributed by atoms with E-state index in [0.29, 0.717) is 17.1 Å². The molecular formula is C17H15N3O6. The van der Waals surface area contributed by atoms with Gasteiger partial charge in [-0.3, -0.25) is 14.9 Å². The Hall–Kier alpha value is -3.62. The van der Waals surface area contributed by atoms with Gasteiger partial charge >= 0.3 is 5.97 Å². The van der Waals surface area contributed by atoms with E-state index in [0.717, 1.165) is 6.07 Å². The third-order valence-electron chi connectivity index (χ3n) is 3.75. The van der Waals surface area contributed by atoms with Gasteiger partial charge in [0.05, 0.1) is 36.0 Å². The molecule has 2 aromatic carbocycles. The van der Waals surface area contributed by atoms with Crippen molar-refractivity contribution in [2.45, 2.75) is 0 Å². The lowest BCUT2D eigenvalue weighted by Gasteiger charge is -2.29. The Balaban J connectivity index is 1.79. The van der Waals surface area contributed by atoms with Crippen LogP contribution in [0.4, 0.5) is 17.1 Å². The second-order valence-electron chi connectivity index (χ2n) is 5.49. The van der Waals surface area contributed by atoms with Crippen LogP contribution in [0.5, 0.6) is 11.5 Å². The predicted molar refractivity (Wildman–Crippen MR) is 92.6 cm³/mol. The fourth-order valence-electron chi connectivity index (χ4n) is 2.61. The lowest BCUT2D eigenvalue weighted by Crippen LogP contribution is -2.41. The summed E-state index contributed by atoms with van der Waals surface area (Å²) >= 11 is 0. The first kappa shape index (κ1) is 17.2. The Labute approximate surface area is 148 Å². The Morgan fingerprint density at radius 2 is 2.12 bits per heavy atom. The molecule has 0 saturated heterocycles. The Kier molecular flexibility index (Phi) is 4.70. The molecule has 0 saturated carbocycles. The van der Waals surface area contributed by atoms with Crippen molar-refractivity contribution in [3.8, 4) is 11.5 Å². The third-order valence-corrected chi connectivity index (χ3v) is 3.75. The molecule has 0 aliphatic carbocycles. The SMILES string of the molecule is COc1ccccc1NC(=O)CN1CC(=O)Oc2cc([N+](=O)[O-])ccc21. The predicted octanol–water partition coefficient (Wildman–Crippen LogP) is 1.97. The van der Waals surface area contributed by atoms with Crippen LogP contribution in [0.3, 0.4) is 0 Å². The standard InChI is InChI=1S/C17H15N3O6/c1-25-14-5-3-2-4-12(14)18-16(21)9-19-10-17(22)26-15-8-11(20(23)24)6-7-13(15)19/h2-8H,9-10H2,1H3,(H,18,21). The van der Waals surface area contributed by atoms with E-state index in [4.69, 9.17) is 9.47 Å². The molecule has 1 amide bonds. The second-order valence-corrected chi connectivity index (χ2v) is 5.49. The van der Waals surface area contributed by atoms with E-state index in [-0.39, 0.29) is 30.4 Å². The summed E-state index contributed by atoms with van der Waals surface area (Å²) in [5, 5.41) is 13.6. The van der Waals surface area contributed by atoms with Gasteiger partial charge in [0.1, 0.15) is 12.3 Å². The van der Waals surface area contributed by atoms with Gasteiger partial charge in [-0.05, 0) is 18.2 Å². The molecule has 0 aromatic heterocycles. The average Bonchev–Trinajstić information content (AvgIpc) is 2.61. The number of methoxy groups -OCH3 is 1. The summed E-state index contributed by atoms with van der Waals surface area (Å²) < 4.78 is 10.2. The maximum atomic E-state index is 12.4. The van der Waals surface area contributed by atoms with Crippen molar-refractivity contribution in [3.63, 3.8) is 0 Å². The minimum absolute atomic E-state index is 0.0561. The first-order valence-corrected chi connectivity index (χ1v) is 7.65. The van der Waals surface area contributed by atoms with Crippen molar-refractivity contribution >= 4 is 28.9 Å². The van der Waals surface area contributed by atoms with Gasteiger partial charge in [-0.1, -0.05) is 12.1 Å². The summed E-state index contributed by atoms with van der Waals surface area (Å²) in [5.74, 6) is -0.396. The van der Waals surface area contributed by atoms with E-state index in [1.165, 1.54) is 24.1 Å². The summed E-state index contributed by atoms with van der Waals surface area (Å²) in [4.78, 5) is 35.9. The van der Waals surface area contributed by atoms with Crippen LogP contribution >= 0.6 is 0 Å². The van der Waals surface area contributed by atoms with E-state index < -0.39 is 10.9 Å². The van der Waals surface area contributed by atoms with Crippen LogP contribution in [0.1, 0.15) is 0 Å². The molecule has 1 aliphatic heterocycles. The quantitative estimate of drug-likeness (QED) is 0.377. The summed E-state index contributed by atoms with van der Waals surface area (Å²) in [6, 6.07) is 10.8. The van der Waals surface area contributed by atoms with Gasteiger partial charge in [0.2, 0.25) is 5.91 Å². The summed E-state index contributed by atoms with van der Waals surface area (Å²) in [5.41, 5.74) is 0.741. The number of esters is 1. The zero-order valence-electron chi connectivity index (χ0n) is 13.8. The lowest BCUT2D eigenvalue weighted by atomic mass is 10.2. The molecule has 134 valence electrons. The maximum absolute atomic E-state index is 12.4. The Bertz CT molecular complexity index is 883. The van der Waals surface area contributed by atoms with Crippen molar-refractivity contribution in [1.82, 2.24) is 0 Å². The minimum Gasteiger partial charge on any atom is -0.495 e. The Morgan fingerprint density at radius 1 is 1.35 bits per heavy atom. The molecule has 1 heterocycles. The molecule has 26 heavy (non-hydrogen) atoms. The molecule has 2 aromatic rings. The minimum atomic E-state index is -0.594. The first-order valence-electron chi connectivity index (χ1n) is 7.65. The normalized spacial score (nSPS) is 12.8. The van der Waals surface area contributed by atoms with Crippen molar-refractivity contribution in [2.75, 3.05) is 30.4 Å². The highest BCUT2D eigenvalue weighted by molar-refractivity contribution is 5.97. The van der Waals surface area contributed by atoms with Gasteiger partial charge in [0.15, 0.2) is 5.75 Å². The molecule has 0 unspecified atom stereocenters. The number of para-hydroxylation sites is 2. The number of nitrogens with one attached hydrogen (secondary N) is 1. The van der Waals surface area contributed by atoms with Gasteiger partial charge < -0.3 is 19.7 Å². The molecular weight excluding hydrogens is 342 g/mol. The van der Waals surface area contributed by atoms with E-state index in [9.17, 15) is 19.7 Å². The van der Waals surface area contributed by atoms with Gasteiger partial charge in [-0.25, -0.2) is 4.79 Å². The van der Waals surface area contributed by atoms with Gasteiger partial charge in [0.25, 0.3) is 5.69 Å². The number of amides is 1. The monoisotopic (exact) mass is 357 g/mol. The number of non-ortho nitro benzene ring substituents is 1. The molecule has 1 aliphatic rings. The molecule has 0 bridgehead atoms. The van der Waals surface area contributed by atoms with Crippen LogP contribution in [-0.4, -0.2) is 37.0 Å². The van der Waals surface area contributed by atoms with E-state index in [2.05, 4.69) is 5.32 Å². The van der Waals surface area contributed by atoms with Crippen LogP contribution in [0.2, 0.25) is 0 Å².